The number of amides is 1. The van der Waals surface area contributed by atoms with Crippen molar-refractivity contribution in [2.45, 2.75) is 26.2 Å². The molecule has 0 aromatic rings. The van der Waals surface area contributed by atoms with Crippen LogP contribution in [0.2, 0.25) is 0 Å². The van der Waals surface area contributed by atoms with Crippen LogP contribution in [0.5, 0.6) is 0 Å². The standard InChI is InChI=1S/C9H18N2O/c1-4-5-6-7-8(9(10)12)11(2)3/h7H,4-6H2,1-3H3,(H2,10,12)/b8-7+. The number of likely N-dealkylation sites (N-methyl/N-ethyl adjacent to an activating group) is 1. The number of carbonyl (C=O) groups excluding carboxylic acids is 1. The number of primary amides is 1. The lowest BCUT2D eigenvalue weighted by Gasteiger charge is -2.13. The van der Waals surface area contributed by atoms with Gasteiger partial charge < -0.3 is 10.6 Å². The quantitative estimate of drug-likeness (QED) is 0.496. The number of carbonyl (C=O) groups is 1. The Morgan fingerprint density at radius 2 is 2.08 bits per heavy atom. The monoisotopic (exact) mass is 170 g/mol. The smallest absolute Gasteiger partial charge is 0.264 e. The summed E-state index contributed by atoms with van der Waals surface area (Å²) in [6.45, 7) is 2.12. The molecule has 0 aliphatic heterocycles. The predicted molar refractivity (Wildman–Crippen MR) is 50.5 cm³/mol. The molecule has 0 rings (SSSR count). The molecule has 0 radical (unpaired) electrons. The van der Waals surface area contributed by atoms with E-state index in [1.807, 2.05) is 20.2 Å². The van der Waals surface area contributed by atoms with Crippen molar-refractivity contribution < 1.29 is 4.79 Å². The van der Waals surface area contributed by atoms with Crippen LogP contribution in [0, 0.1) is 0 Å². The number of allylic oxidation sites excluding steroid dienone is 1. The zero-order chi connectivity index (χ0) is 9.56. The molecule has 0 heterocycles. The molecule has 0 unspecified atom stereocenters. The van der Waals surface area contributed by atoms with Crippen LogP contribution in [0.25, 0.3) is 0 Å². The van der Waals surface area contributed by atoms with Gasteiger partial charge >= 0.3 is 0 Å². The van der Waals surface area contributed by atoms with Crippen molar-refractivity contribution >= 4 is 5.91 Å². The molecule has 0 aliphatic carbocycles. The normalized spacial score (nSPS) is 11.4. The van der Waals surface area contributed by atoms with Gasteiger partial charge in [-0.1, -0.05) is 19.4 Å². The van der Waals surface area contributed by atoms with Crippen molar-refractivity contribution in [1.82, 2.24) is 4.90 Å². The van der Waals surface area contributed by atoms with E-state index in [2.05, 4.69) is 6.92 Å². The van der Waals surface area contributed by atoms with E-state index in [-0.39, 0.29) is 5.91 Å². The van der Waals surface area contributed by atoms with E-state index in [9.17, 15) is 4.79 Å². The van der Waals surface area contributed by atoms with Crippen molar-refractivity contribution in [3.8, 4) is 0 Å². The number of unbranched alkanes of at least 4 members (excludes halogenated alkanes) is 2. The summed E-state index contributed by atoms with van der Waals surface area (Å²) in [4.78, 5) is 12.6. The van der Waals surface area contributed by atoms with E-state index >= 15 is 0 Å². The Hall–Kier alpha value is -0.990. The second-order valence-corrected chi connectivity index (χ2v) is 2.99. The molecule has 0 saturated carbocycles. The lowest BCUT2D eigenvalue weighted by atomic mass is 10.2. The summed E-state index contributed by atoms with van der Waals surface area (Å²) in [5.41, 5.74) is 5.77. The first-order valence-corrected chi connectivity index (χ1v) is 4.26. The van der Waals surface area contributed by atoms with Crippen molar-refractivity contribution in [1.29, 1.82) is 0 Å². The molecule has 1 amide bonds. The zero-order valence-corrected chi connectivity index (χ0v) is 8.13. The highest BCUT2D eigenvalue weighted by Gasteiger charge is 2.04. The van der Waals surface area contributed by atoms with E-state index in [0.717, 1.165) is 19.3 Å². The zero-order valence-electron chi connectivity index (χ0n) is 8.13. The maximum absolute atomic E-state index is 10.8. The highest BCUT2D eigenvalue weighted by molar-refractivity contribution is 5.91. The first-order chi connectivity index (χ1) is 5.59. The number of rotatable bonds is 5. The minimum atomic E-state index is -0.351. The summed E-state index contributed by atoms with van der Waals surface area (Å²) < 4.78 is 0. The highest BCUT2D eigenvalue weighted by Crippen LogP contribution is 2.02. The fourth-order valence-electron chi connectivity index (χ4n) is 0.946. The fourth-order valence-corrected chi connectivity index (χ4v) is 0.946. The van der Waals surface area contributed by atoms with Crippen molar-refractivity contribution in [3.63, 3.8) is 0 Å². The molecule has 70 valence electrons. The Morgan fingerprint density at radius 3 is 2.42 bits per heavy atom. The third kappa shape index (κ3) is 4.01. The second kappa shape index (κ2) is 5.63. The Morgan fingerprint density at radius 1 is 1.50 bits per heavy atom. The minimum absolute atomic E-state index is 0.351. The van der Waals surface area contributed by atoms with Gasteiger partial charge in [-0.2, -0.15) is 0 Å². The average molecular weight is 170 g/mol. The average Bonchev–Trinajstić information content (AvgIpc) is 1.96. The van der Waals surface area contributed by atoms with Crippen LogP contribution in [0.3, 0.4) is 0 Å². The maximum Gasteiger partial charge on any atom is 0.264 e. The van der Waals surface area contributed by atoms with E-state index in [0.29, 0.717) is 5.70 Å². The Bertz CT molecular complexity index is 173. The van der Waals surface area contributed by atoms with Gasteiger partial charge in [0.05, 0.1) is 5.70 Å². The second-order valence-electron chi connectivity index (χ2n) is 2.99. The molecule has 2 N–H and O–H groups in total. The minimum Gasteiger partial charge on any atom is -0.373 e. The lowest BCUT2D eigenvalue weighted by molar-refractivity contribution is -0.115. The van der Waals surface area contributed by atoms with Gasteiger partial charge in [-0.15, -0.1) is 0 Å². The molecule has 0 bridgehead atoms. The highest BCUT2D eigenvalue weighted by atomic mass is 16.1. The number of nitrogens with two attached hydrogens (primary N) is 1. The van der Waals surface area contributed by atoms with E-state index in [4.69, 9.17) is 5.73 Å². The molecule has 0 aromatic carbocycles. The van der Waals surface area contributed by atoms with Gasteiger partial charge in [0.15, 0.2) is 0 Å². The SMILES string of the molecule is CCCC/C=C(\C(N)=O)N(C)C. The van der Waals surface area contributed by atoms with Crippen molar-refractivity contribution in [3.05, 3.63) is 11.8 Å². The Kier molecular flexibility index (Phi) is 5.17. The van der Waals surface area contributed by atoms with Gasteiger partial charge in [0, 0.05) is 14.1 Å². The predicted octanol–water partition coefficient (Wildman–Crippen LogP) is 1.11. The van der Waals surface area contributed by atoms with Gasteiger partial charge in [-0.3, -0.25) is 4.79 Å². The van der Waals surface area contributed by atoms with Gasteiger partial charge in [-0.05, 0) is 12.8 Å². The molecule has 3 nitrogen and oxygen atoms in total. The number of nitrogens with zero attached hydrogens (tertiary/aromatic N) is 1. The third-order valence-corrected chi connectivity index (χ3v) is 1.63. The van der Waals surface area contributed by atoms with Crippen LogP contribution in [0.1, 0.15) is 26.2 Å². The molecule has 0 spiro atoms. The Labute approximate surface area is 74.2 Å². The molecular weight excluding hydrogens is 152 g/mol. The largest absolute Gasteiger partial charge is 0.373 e. The van der Waals surface area contributed by atoms with Crippen LogP contribution in [-0.4, -0.2) is 24.9 Å². The van der Waals surface area contributed by atoms with Crippen molar-refractivity contribution in [2.24, 2.45) is 5.73 Å². The van der Waals surface area contributed by atoms with Crippen LogP contribution in [0.15, 0.2) is 11.8 Å². The molecule has 0 fully saturated rings. The van der Waals surface area contributed by atoms with Gasteiger partial charge in [-0.25, -0.2) is 0 Å². The summed E-state index contributed by atoms with van der Waals surface area (Å²) in [6.07, 6.45) is 5.05. The molecule has 0 atom stereocenters. The molecule has 3 heteroatoms. The summed E-state index contributed by atoms with van der Waals surface area (Å²) in [7, 11) is 3.64. The van der Waals surface area contributed by atoms with Gasteiger partial charge in [0.2, 0.25) is 0 Å². The first kappa shape index (κ1) is 11.0. The molecule has 0 aromatic heterocycles. The lowest BCUT2D eigenvalue weighted by Crippen LogP contribution is -2.25. The summed E-state index contributed by atoms with van der Waals surface area (Å²) >= 11 is 0. The van der Waals surface area contributed by atoms with Crippen LogP contribution in [0.4, 0.5) is 0 Å². The van der Waals surface area contributed by atoms with Crippen LogP contribution < -0.4 is 5.73 Å². The third-order valence-electron chi connectivity index (χ3n) is 1.63. The number of hydrogen-bond donors (Lipinski definition) is 1. The van der Waals surface area contributed by atoms with E-state index in [1.54, 1.807) is 4.90 Å². The first-order valence-electron chi connectivity index (χ1n) is 4.26. The summed E-state index contributed by atoms with van der Waals surface area (Å²) in [5.74, 6) is -0.351. The van der Waals surface area contributed by atoms with Gasteiger partial charge in [0.25, 0.3) is 5.91 Å². The number of hydrogen-bond acceptors (Lipinski definition) is 2. The molecule has 0 aliphatic rings. The molecule has 12 heavy (non-hydrogen) atoms. The van der Waals surface area contributed by atoms with Gasteiger partial charge in [0.1, 0.15) is 0 Å². The maximum atomic E-state index is 10.8. The molecule has 0 saturated heterocycles. The van der Waals surface area contributed by atoms with Crippen molar-refractivity contribution in [2.75, 3.05) is 14.1 Å². The van der Waals surface area contributed by atoms with E-state index in [1.165, 1.54) is 0 Å². The topological polar surface area (TPSA) is 46.3 Å². The van der Waals surface area contributed by atoms with E-state index < -0.39 is 0 Å². The Balaban J connectivity index is 4.10. The van der Waals surface area contributed by atoms with Crippen LogP contribution in [-0.2, 0) is 4.79 Å². The molecular formula is C9H18N2O. The fraction of sp³-hybridized carbons (Fsp3) is 0.667. The van der Waals surface area contributed by atoms with Crippen LogP contribution >= 0.6 is 0 Å². The summed E-state index contributed by atoms with van der Waals surface area (Å²) in [5, 5.41) is 0. The summed E-state index contributed by atoms with van der Waals surface area (Å²) in [6, 6.07) is 0.